The number of rotatable bonds is 12. The molecule has 2 N–H and O–H groups in total. The van der Waals surface area contributed by atoms with Gasteiger partial charge in [0.1, 0.15) is 30.5 Å². The van der Waals surface area contributed by atoms with E-state index in [4.69, 9.17) is 26.4 Å². The number of benzene rings is 3. The van der Waals surface area contributed by atoms with Gasteiger partial charge in [0.25, 0.3) is 5.91 Å². The summed E-state index contributed by atoms with van der Waals surface area (Å²) in [5.41, 5.74) is 1.21. The first-order valence-electron chi connectivity index (χ1n) is 11.4. The molecule has 1 amide bonds. The van der Waals surface area contributed by atoms with Crippen molar-refractivity contribution in [2.45, 2.75) is 26.2 Å². The molecule has 0 aliphatic heterocycles. The molecule has 0 fully saturated rings. The van der Waals surface area contributed by atoms with Gasteiger partial charge in [-0.05, 0) is 67.2 Å². The zero-order chi connectivity index (χ0) is 24.0. The molecule has 3 aromatic carbocycles. The lowest BCUT2D eigenvalue weighted by Crippen LogP contribution is -2.34. The van der Waals surface area contributed by atoms with Gasteiger partial charge in [0, 0.05) is 17.3 Å². The number of ether oxygens (including phenoxy) is 3. The van der Waals surface area contributed by atoms with E-state index >= 15 is 0 Å². The van der Waals surface area contributed by atoms with Gasteiger partial charge in [0.2, 0.25) is 0 Å². The monoisotopic (exact) mass is 478 g/mol. The van der Waals surface area contributed by atoms with E-state index in [-0.39, 0.29) is 11.0 Å². The van der Waals surface area contributed by atoms with Gasteiger partial charge < -0.3 is 19.5 Å². The standard InChI is InChI=1S/C27H30N2O4S/c1-2-3-7-17-31-24-15-13-21(14-16-24)26(30)29-27(34)28-22-9-8-12-25(20-22)33-19-18-32-23-10-5-4-6-11-23/h4-6,8-16,20H,2-3,7,17-19H2,1H3,(H2,28,29,30,34). The van der Waals surface area contributed by atoms with Crippen LogP contribution in [0.1, 0.15) is 36.5 Å². The Morgan fingerprint density at radius 1 is 0.765 bits per heavy atom. The molecule has 0 unspecified atom stereocenters. The lowest BCUT2D eigenvalue weighted by Gasteiger charge is -2.12. The summed E-state index contributed by atoms with van der Waals surface area (Å²) >= 11 is 5.30. The second-order valence-corrected chi connectivity index (χ2v) is 7.93. The van der Waals surface area contributed by atoms with Crippen LogP contribution in [0.25, 0.3) is 0 Å². The quantitative estimate of drug-likeness (QED) is 0.252. The molecule has 0 spiro atoms. The van der Waals surface area contributed by atoms with Crippen molar-refractivity contribution in [3.8, 4) is 17.2 Å². The molecule has 0 saturated heterocycles. The Kier molecular flexibility index (Phi) is 10.2. The average Bonchev–Trinajstić information content (AvgIpc) is 2.86. The zero-order valence-electron chi connectivity index (χ0n) is 19.3. The fraction of sp³-hybridized carbons (Fsp3) is 0.259. The summed E-state index contributed by atoms with van der Waals surface area (Å²) in [4.78, 5) is 12.5. The van der Waals surface area contributed by atoms with Crippen molar-refractivity contribution in [3.63, 3.8) is 0 Å². The molecule has 0 bridgehead atoms. The Hall–Kier alpha value is -3.58. The summed E-state index contributed by atoms with van der Waals surface area (Å²) < 4.78 is 17.1. The first kappa shape index (κ1) is 25.1. The highest BCUT2D eigenvalue weighted by Gasteiger charge is 2.09. The van der Waals surface area contributed by atoms with Gasteiger partial charge in [0.15, 0.2) is 5.11 Å². The predicted molar refractivity (Wildman–Crippen MR) is 139 cm³/mol. The number of carbonyl (C=O) groups is 1. The van der Waals surface area contributed by atoms with E-state index in [0.717, 1.165) is 30.8 Å². The Balaban J connectivity index is 1.42. The highest BCUT2D eigenvalue weighted by Crippen LogP contribution is 2.18. The minimum atomic E-state index is -0.291. The number of amides is 1. The molecule has 0 radical (unpaired) electrons. The molecule has 3 rings (SSSR count). The maximum absolute atomic E-state index is 12.5. The van der Waals surface area contributed by atoms with Crippen LogP contribution in [0.5, 0.6) is 17.2 Å². The summed E-state index contributed by atoms with van der Waals surface area (Å²) in [7, 11) is 0. The first-order valence-corrected chi connectivity index (χ1v) is 11.8. The Bertz CT molecular complexity index is 1040. The second-order valence-electron chi connectivity index (χ2n) is 7.53. The summed E-state index contributed by atoms with van der Waals surface area (Å²) in [6, 6.07) is 24.0. The van der Waals surface area contributed by atoms with E-state index in [2.05, 4.69) is 17.6 Å². The summed E-state index contributed by atoms with van der Waals surface area (Å²) in [5, 5.41) is 5.91. The highest BCUT2D eigenvalue weighted by atomic mass is 32.1. The van der Waals surface area contributed by atoms with Crippen LogP contribution in [0.2, 0.25) is 0 Å². The van der Waals surface area contributed by atoms with Crippen molar-refractivity contribution in [1.82, 2.24) is 5.32 Å². The first-order chi connectivity index (χ1) is 16.6. The van der Waals surface area contributed by atoms with Crippen molar-refractivity contribution in [3.05, 3.63) is 84.4 Å². The number of unbranched alkanes of at least 4 members (excludes halogenated alkanes) is 2. The smallest absolute Gasteiger partial charge is 0.257 e. The normalized spacial score (nSPS) is 10.3. The molecule has 0 aromatic heterocycles. The van der Waals surface area contributed by atoms with Crippen molar-refractivity contribution >= 4 is 28.9 Å². The van der Waals surface area contributed by atoms with E-state index in [1.54, 1.807) is 24.3 Å². The average molecular weight is 479 g/mol. The minimum Gasteiger partial charge on any atom is -0.494 e. The molecule has 7 heteroatoms. The van der Waals surface area contributed by atoms with Crippen molar-refractivity contribution in [1.29, 1.82) is 0 Å². The Morgan fingerprint density at radius 3 is 2.15 bits per heavy atom. The molecule has 34 heavy (non-hydrogen) atoms. The number of thiocarbonyl (C=S) groups is 1. The third-order valence-corrected chi connectivity index (χ3v) is 5.02. The van der Waals surface area contributed by atoms with E-state index < -0.39 is 0 Å². The van der Waals surface area contributed by atoms with Crippen molar-refractivity contribution in [2.24, 2.45) is 0 Å². The van der Waals surface area contributed by atoms with Crippen LogP contribution in [0.3, 0.4) is 0 Å². The summed E-state index contributed by atoms with van der Waals surface area (Å²) in [6.45, 7) is 3.66. The fourth-order valence-electron chi connectivity index (χ4n) is 3.08. The summed E-state index contributed by atoms with van der Waals surface area (Å²) in [5.74, 6) is 1.93. The molecule has 6 nitrogen and oxygen atoms in total. The molecule has 0 aliphatic rings. The molecule has 0 saturated carbocycles. The largest absolute Gasteiger partial charge is 0.494 e. The second kappa shape index (κ2) is 13.9. The van der Waals surface area contributed by atoms with Crippen LogP contribution in [0.4, 0.5) is 5.69 Å². The molecule has 0 aliphatic carbocycles. The zero-order valence-corrected chi connectivity index (χ0v) is 20.1. The van der Waals surface area contributed by atoms with Crippen LogP contribution in [-0.4, -0.2) is 30.8 Å². The number of hydrogen-bond donors (Lipinski definition) is 2. The maximum atomic E-state index is 12.5. The molecule has 3 aromatic rings. The maximum Gasteiger partial charge on any atom is 0.257 e. The van der Waals surface area contributed by atoms with Gasteiger partial charge in [-0.25, -0.2) is 0 Å². The fourth-order valence-corrected chi connectivity index (χ4v) is 3.29. The Morgan fingerprint density at radius 2 is 1.41 bits per heavy atom. The van der Waals surface area contributed by atoms with E-state index in [9.17, 15) is 4.79 Å². The topological polar surface area (TPSA) is 68.8 Å². The van der Waals surface area contributed by atoms with Gasteiger partial charge in [-0.3, -0.25) is 10.1 Å². The van der Waals surface area contributed by atoms with Crippen LogP contribution in [-0.2, 0) is 0 Å². The molecule has 0 heterocycles. The minimum absolute atomic E-state index is 0.203. The lowest BCUT2D eigenvalue weighted by molar-refractivity contribution is 0.0977. The Labute approximate surface area is 206 Å². The molecule has 0 atom stereocenters. The molecule has 178 valence electrons. The molecular formula is C27H30N2O4S. The van der Waals surface area contributed by atoms with Gasteiger partial charge >= 0.3 is 0 Å². The third-order valence-electron chi connectivity index (χ3n) is 4.82. The summed E-state index contributed by atoms with van der Waals surface area (Å²) in [6.07, 6.45) is 3.31. The van der Waals surface area contributed by atoms with Gasteiger partial charge in [-0.15, -0.1) is 0 Å². The number of hydrogen-bond acceptors (Lipinski definition) is 5. The van der Waals surface area contributed by atoms with Crippen molar-refractivity contribution in [2.75, 3.05) is 25.1 Å². The third kappa shape index (κ3) is 8.75. The SMILES string of the molecule is CCCCCOc1ccc(C(=O)NC(=S)Nc2cccc(OCCOc3ccccc3)c2)cc1. The highest BCUT2D eigenvalue weighted by molar-refractivity contribution is 7.80. The number of anilines is 1. The van der Waals surface area contributed by atoms with Crippen LogP contribution in [0, 0.1) is 0 Å². The van der Waals surface area contributed by atoms with Gasteiger partial charge in [-0.1, -0.05) is 44.0 Å². The lowest BCUT2D eigenvalue weighted by atomic mass is 10.2. The van der Waals surface area contributed by atoms with Gasteiger partial charge in [-0.2, -0.15) is 0 Å². The number of carbonyl (C=O) groups excluding carboxylic acids is 1. The van der Waals surface area contributed by atoms with Crippen molar-refractivity contribution < 1.29 is 19.0 Å². The van der Waals surface area contributed by atoms with E-state index in [1.807, 2.05) is 54.6 Å². The van der Waals surface area contributed by atoms with Crippen LogP contribution >= 0.6 is 12.2 Å². The van der Waals surface area contributed by atoms with E-state index in [0.29, 0.717) is 36.8 Å². The van der Waals surface area contributed by atoms with E-state index in [1.165, 1.54) is 0 Å². The van der Waals surface area contributed by atoms with Crippen LogP contribution in [0.15, 0.2) is 78.9 Å². The number of nitrogens with one attached hydrogen (secondary N) is 2. The predicted octanol–water partition coefficient (Wildman–Crippen LogP) is 5.84. The molecular weight excluding hydrogens is 448 g/mol. The number of para-hydroxylation sites is 1. The van der Waals surface area contributed by atoms with Crippen LogP contribution < -0.4 is 24.8 Å². The van der Waals surface area contributed by atoms with Gasteiger partial charge in [0.05, 0.1) is 6.61 Å².